The molecule has 2 N–H and O–H groups in total. The Kier molecular flexibility index (Phi) is 2.92. The summed E-state index contributed by atoms with van der Waals surface area (Å²) in [6.45, 7) is 1.52. The van der Waals surface area contributed by atoms with E-state index in [-0.39, 0.29) is 0 Å². The monoisotopic (exact) mass is 153 g/mol. The van der Waals surface area contributed by atoms with Gasteiger partial charge in [-0.2, -0.15) is 0 Å². The molecule has 0 radical (unpaired) electrons. The van der Waals surface area contributed by atoms with Gasteiger partial charge < -0.3 is 10.4 Å². The van der Waals surface area contributed by atoms with Gasteiger partial charge >= 0.3 is 0 Å². The third kappa shape index (κ3) is 2.53. The summed E-state index contributed by atoms with van der Waals surface area (Å²) in [6, 6.07) is 0. The van der Waals surface area contributed by atoms with Crippen LogP contribution in [-0.2, 0) is 0 Å². The van der Waals surface area contributed by atoms with Gasteiger partial charge in [-0.25, -0.2) is 0 Å². The highest BCUT2D eigenvalue weighted by molar-refractivity contribution is 4.90. The summed E-state index contributed by atoms with van der Waals surface area (Å²) < 4.78 is 0. The van der Waals surface area contributed by atoms with Gasteiger partial charge in [0, 0.05) is 19.5 Å². The Morgan fingerprint density at radius 3 is 2.73 bits per heavy atom. The van der Waals surface area contributed by atoms with E-state index >= 15 is 0 Å². The Bertz CT molecular complexity index is 155. The molecule has 1 aliphatic carbocycles. The molecule has 0 atom stereocenters. The van der Waals surface area contributed by atoms with E-state index in [1.165, 1.54) is 0 Å². The molecule has 1 saturated carbocycles. The molecule has 62 valence electrons. The highest BCUT2D eigenvalue weighted by atomic mass is 16.3. The van der Waals surface area contributed by atoms with E-state index in [1.807, 2.05) is 0 Å². The van der Waals surface area contributed by atoms with E-state index in [2.05, 4.69) is 11.2 Å². The summed E-state index contributed by atoms with van der Waals surface area (Å²) in [5.41, 5.74) is -0.408. The molecule has 1 fully saturated rings. The smallest absolute Gasteiger partial charge is 0.0771 e. The van der Waals surface area contributed by atoms with Crippen molar-refractivity contribution >= 4 is 0 Å². The fourth-order valence-electron chi connectivity index (χ4n) is 1.24. The number of rotatable bonds is 4. The molecular formula is C9H15NO. The van der Waals surface area contributed by atoms with Crippen molar-refractivity contribution in [2.75, 3.05) is 13.1 Å². The minimum atomic E-state index is -0.408. The number of hydrogen-bond donors (Lipinski definition) is 2. The van der Waals surface area contributed by atoms with E-state index in [1.54, 1.807) is 0 Å². The summed E-state index contributed by atoms with van der Waals surface area (Å²) >= 11 is 0. The lowest BCUT2D eigenvalue weighted by Gasteiger charge is -2.36. The van der Waals surface area contributed by atoms with Crippen molar-refractivity contribution < 1.29 is 5.11 Å². The molecule has 0 aliphatic heterocycles. The van der Waals surface area contributed by atoms with Crippen LogP contribution in [0, 0.1) is 12.3 Å². The average molecular weight is 153 g/mol. The molecule has 0 bridgehead atoms. The summed E-state index contributed by atoms with van der Waals surface area (Å²) in [5.74, 6) is 2.55. The van der Waals surface area contributed by atoms with Gasteiger partial charge in [0.1, 0.15) is 0 Å². The predicted molar refractivity (Wildman–Crippen MR) is 45.1 cm³/mol. The number of hydrogen-bond acceptors (Lipinski definition) is 2. The van der Waals surface area contributed by atoms with Crippen LogP contribution in [0.25, 0.3) is 0 Å². The van der Waals surface area contributed by atoms with Crippen LogP contribution in [0.5, 0.6) is 0 Å². The molecule has 1 aliphatic rings. The molecular weight excluding hydrogens is 138 g/mol. The Morgan fingerprint density at radius 1 is 1.55 bits per heavy atom. The molecule has 0 unspecified atom stereocenters. The number of terminal acetylenes is 1. The molecule has 0 heterocycles. The highest BCUT2D eigenvalue weighted by Gasteiger charge is 2.33. The van der Waals surface area contributed by atoms with Crippen molar-refractivity contribution in [1.29, 1.82) is 0 Å². The second-order valence-electron chi connectivity index (χ2n) is 3.21. The van der Waals surface area contributed by atoms with E-state index in [0.717, 1.165) is 32.2 Å². The van der Waals surface area contributed by atoms with Gasteiger partial charge in [0.25, 0.3) is 0 Å². The fourth-order valence-corrected chi connectivity index (χ4v) is 1.24. The zero-order valence-corrected chi connectivity index (χ0v) is 6.77. The lowest BCUT2D eigenvalue weighted by Crippen LogP contribution is -2.46. The summed E-state index contributed by atoms with van der Waals surface area (Å²) in [7, 11) is 0. The zero-order valence-electron chi connectivity index (χ0n) is 6.77. The molecule has 11 heavy (non-hydrogen) atoms. The maximum atomic E-state index is 9.60. The van der Waals surface area contributed by atoms with E-state index < -0.39 is 5.60 Å². The zero-order chi connectivity index (χ0) is 8.16. The van der Waals surface area contributed by atoms with E-state index in [0.29, 0.717) is 6.54 Å². The predicted octanol–water partition coefficient (Wildman–Crippen LogP) is 0.514. The van der Waals surface area contributed by atoms with Gasteiger partial charge in [-0.15, -0.1) is 12.3 Å². The van der Waals surface area contributed by atoms with Crippen molar-refractivity contribution in [3.63, 3.8) is 0 Å². The van der Waals surface area contributed by atoms with E-state index in [4.69, 9.17) is 6.42 Å². The van der Waals surface area contributed by atoms with Crippen LogP contribution in [0.1, 0.15) is 25.7 Å². The van der Waals surface area contributed by atoms with Gasteiger partial charge in [0.2, 0.25) is 0 Å². The Morgan fingerprint density at radius 2 is 2.27 bits per heavy atom. The third-order valence-corrected chi connectivity index (χ3v) is 2.18. The van der Waals surface area contributed by atoms with Gasteiger partial charge in [-0.3, -0.25) is 0 Å². The average Bonchev–Trinajstić information content (AvgIpc) is 1.95. The second-order valence-corrected chi connectivity index (χ2v) is 3.21. The van der Waals surface area contributed by atoms with Gasteiger partial charge in [0.15, 0.2) is 0 Å². The van der Waals surface area contributed by atoms with Crippen LogP contribution >= 0.6 is 0 Å². The first-order valence-corrected chi connectivity index (χ1v) is 4.13. The molecule has 0 aromatic carbocycles. The lowest BCUT2D eigenvalue weighted by molar-refractivity contribution is -0.0309. The largest absolute Gasteiger partial charge is 0.389 e. The van der Waals surface area contributed by atoms with Crippen LogP contribution in [-0.4, -0.2) is 23.8 Å². The normalized spacial score (nSPS) is 20.4. The number of nitrogens with one attached hydrogen (secondary N) is 1. The Labute approximate surface area is 68.0 Å². The Balaban J connectivity index is 1.99. The van der Waals surface area contributed by atoms with Crippen molar-refractivity contribution in [1.82, 2.24) is 5.32 Å². The quantitative estimate of drug-likeness (QED) is 0.456. The van der Waals surface area contributed by atoms with Crippen molar-refractivity contribution in [2.24, 2.45) is 0 Å². The molecule has 0 saturated heterocycles. The van der Waals surface area contributed by atoms with Crippen molar-refractivity contribution in [3.05, 3.63) is 0 Å². The lowest BCUT2D eigenvalue weighted by atomic mass is 9.80. The Hall–Kier alpha value is -0.520. The van der Waals surface area contributed by atoms with Gasteiger partial charge in [0.05, 0.1) is 5.60 Å². The molecule has 0 amide bonds. The van der Waals surface area contributed by atoms with Gasteiger partial charge in [-0.1, -0.05) is 0 Å². The highest BCUT2D eigenvalue weighted by Crippen LogP contribution is 2.30. The molecule has 0 spiro atoms. The summed E-state index contributed by atoms with van der Waals surface area (Å²) in [6.07, 6.45) is 8.86. The first-order valence-electron chi connectivity index (χ1n) is 4.13. The van der Waals surface area contributed by atoms with Crippen LogP contribution < -0.4 is 5.32 Å². The molecule has 2 nitrogen and oxygen atoms in total. The fraction of sp³-hybridized carbons (Fsp3) is 0.778. The van der Waals surface area contributed by atoms with Crippen LogP contribution in [0.15, 0.2) is 0 Å². The molecule has 0 aromatic heterocycles. The third-order valence-electron chi connectivity index (χ3n) is 2.18. The van der Waals surface area contributed by atoms with Gasteiger partial charge in [-0.05, 0) is 19.3 Å². The minimum absolute atomic E-state index is 0.408. The first-order chi connectivity index (χ1) is 5.27. The standard InChI is InChI=1S/C9H15NO/c1-2-3-7-10-8-9(11)5-4-6-9/h1,10-11H,3-8H2. The maximum absolute atomic E-state index is 9.60. The maximum Gasteiger partial charge on any atom is 0.0771 e. The minimum Gasteiger partial charge on any atom is -0.389 e. The molecule has 0 aromatic rings. The van der Waals surface area contributed by atoms with Crippen LogP contribution in [0.3, 0.4) is 0 Å². The second kappa shape index (κ2) is 3.75. The molecule has 1 rings (SSSR count). The van der Waals surface area contributed by atoms with Crippen molar-refractivity contribution in [3.8, 4) is 12.3 Å². The number of aliphatic hydroxyl groups is 1. The topological polar surface area (TPSA) is 32.3 Å². The first kappa shape index (κ1) is 8.58. The SMILES string of the molecule is C#CCCNCC1(O)CCC1. The summed E-state index contributed by atoms with van der Waals surface area (Å²) in [5, 5.41) is 12.7. The summed E-state index contributed by atoms with van der Waals surface area (Å²) in [4.78, 5) is 0. The van der Waals surface area contributed by atoms with Crippen LogP contribution in [0.2, 0.25) is 0 Å². The molecule has 2 heteroatoms. The van der Waals surface area contributed by atoms with Crippen LogP contribution in [0.4, 0.5) is 0 Å². The van der Waals surface area contributed by atoms with Crippen molar-refractivity contribution in [2.45, 2.75) is 31.3 Å². The van der Waals surface area contributed by atoms with E-state index in [9.17, 15) is 5.11 Å².